The third-order valence-electron chi connectivity index (χ3n) is 2.36. The van der Waals surface area contributed by atoms with Gasteiger partial charge in [0.05, 0.1) is 0 Å². The molecular formula is C11H21N3. The SMILES string of the molecule is CCNCCN(C)CCc1cc[nH]c1. The number of aromatic amines is 1. The second-order valence-electron chi connectivity index (χ2n) is 3.63. The molecule has 14 heavy (non-hydrogen) atoms. The van der Waals surface area contributed by atoms with Gasteiger partial charge >= 0.3 is 0 Å². The molecule has 0 unspecified atom stereocenters. The summed E-state index contributed by atoms with van der Waals surface area (Å²) in [7, 11) is 2.17. The summed E-state index contributed by atoms with van der Waals surface area (Å²) < 4.78 is 0. The number of aromatic nitrogens is 1. The number of nitrogens with one attached hydrogen (secondary N) is 2. The van der Waals surface area contributed by atoms with Crippen LogP contribution in [0.1, 0.15) is 12.5 Å². The van der Waals surface area contributed by atoms with Crippen LogP contribution in [-0.2, 0) is 6.42 Å². The highest BCUT2D eigenvalue weighted by molar-refractivity contribution is 5.08. The van der Waals surface area contributed by atoms with E-state index in [-0.39, 0.29) is 0 Å². The molecule has 3 heteroatoms. The van der Waals surface area contributed by atoms with Crippen LogP contribution >= 0.6 is 0 Å². The lowest BCUT2D eigenvalue weighted by Crippen LogP contribution is -2.30. The third-order valence-corrected chi connectivity index (χ3v) is 2.36. The molecule has 0 saturated heterocycles. The predicted molar refractivity (Wildman–Crippen MR) is 60.5 cm³/mol. The van der Waals surface area contributed by atoms with Gasteiger partial charge < -0.3 is 15.2 Å². The van der Waals surface area contributed by atoms with Crippen molar-refractivity contribution >= 4 is 0 Å². The minimum Gasteiger partial charge on any atom is -0.367 e. The van der Waals surface area contributed by atoms with Gasteiger partial charge in [0.15, 0.2) is 0 Å². The van der Waals surface area contributed by atoms with Crippen LogP contribution in [0.2, 0.25) is 0 Å². The predicted octanol–water partition coefficient (Wildman–Crippen LogP) is 1.10. The second-order valence-corrected chi connectivity index (χ2v) is 3.63. The number of hydrogen-bond acceptors (Lipinski definition) is 2. The molecule has 0 aromatic carbocycles. The van der Waals surface area contributed by atoms with E-state index < -0.39 is 0 Å². The number of nitrogens with zero attached hydrogens (tertiary/aromatic N) is 1. The fourth-order valence-corrected chi connectivity index (χ4v) is 1.39. The monoisotopic (exact) mass is 195 g/mol. The Morgan fingerprint density at radius 3 is 2.93 bits per heavy atom. The van der Waals surface area contributed by atoms with Crippen LogP contribution in [0.5, 0.6) is 0 Å². The first-order valence-electron chi connectivity index (χ1n) is 5.34. The average molecular weight is 195 g/mol. The molecular weight excluding hydrogens is 174 g/mol. The van der Waals surface area contributed by atoms with Crippen LogP contribution in [0.3, 0.4) is 0 Å². The second kappa shape index (κ2) is 6.62. The third kappa shape index (κ3) is 4.44. The van der Waals surface area contributed by atoms with E-state index in [1.807, 2.05) is 6.20 Å². The Balaban J connectivity index is 2.06. The lowest BCUT2D eigenvalue weighted by Gasteiger charge is -2.15. The van der Waals surface area contributed by atoms with Crippen molar-refractivity contribution in [3.63, 3.8) is 0 Å². The number of rotatable bonds is 7. The van der Waals surface area contributed by atoms with Gasteiger partial charge in [0, 0.05) is 32.0 Å². The maximum atomic E-state index is 3.32. The smallest absolute Gasteiger partial charge is 0.0104 e. The zero-order valence-corrected chi connectivity index (χ0v) is 9.21. The van der Waals surface area contributed by atoms with Gasteiger partial charge in [-0.3, -0.25) is 0 Å². The van der Waals surface area contributed by atoms with Crippen molar-refractivity contribution in [2.24, 2.45) is 0 Å². The highest BCUT2D eigenvalue weighted by atomic mass is 15.1. The summed E-state index contributed by atoms with van der Waals surface area (Å²) in [6.45, 7) is 6.53. The van der Waals surface area contributed by atoms with Crippen molar-refractivity contribution in [1.82, 2.24) is 15.2 Å². The quantitative estimate of drug-likeness (QED) is 0.638. The molecule has 1 heterocycles. The van der Waals surface area contributed by atoms with Crippen molar-refractivity contribution in [3.05, 3.63) is 24.0 Å². The Bertz CT molecular complexity index is 218. The highest BCUT2D eigenvalue weighted by Crippen LogP contribution is 1.98. The van der Waals surface area contributed by atoms with Crippen LogP contribution in [0.4, 0.5) is 0 Å². The minimum absolute atomic E-state index is 1.06. The van der Waals surface area contributed by atoms with Crippen LogP contribution in [0.15, 0.2) is 18.5 Å². The summed E-state index contributed by atoms with van der Waals surface area (Å²) in [6.07, 6.45) is 5.18. The van der Waals surface area contributed by atoms with E-state index in [9.17, 15) is 0 Å². The fourth-order valence-electron chi connectivity index (χ4n) is 1.39. The molecule has 1 aromatic heterocycles. The normalized spacial score (nSPS) is 11.1. The Kier molecular flexibility index (Phi) is 5.33. The topological polar surface area (TPSA) is 31.1 Å². The van der Waals surface area contributed by atoms with Crippen molar-refractivity contribution in [3.8, 4) is 0 Å². The van der Waals surface area contributed by atoms with E-state index in [0.29, 0.717) is 0 Å². The molecule has 0 fully saturated rings. The Labute approximate surface area is 86.5 Å². The van der Waals surface area contributed by atoms with Crippen LogP contribution < -0.4 is 5.32 Å². The van der Waals surface area contributed by atoms with E-state index in [4.69, 9.17) is 0 Å². The van der Waals surface area contributed by atoms with Crippen molar-refractivity contribution in [2.45, 2.75) is 13.3 Å². The van der Waals surface area contributed by atoms with Gasteiger partial charge in [0.1, 0.15) is 0 Å². The standard InChI is InChI=1S/C11H21N3/c1-3-12-7-9-14(2)8-5-11-4-6-13-10-11/h4,6,10,12-13H,3,5,7-9H2,1-2H3. The largest absolute Gasteiger partial charge is 0.367 e. The molecule has 0 saturated carbocycles. The molecule has 0 atom stereocenters. The fraction of sp³-hybridized carbons (Fsp3) is 0.636. The molecule has 0 aliphatic carbocycles. The Morgan fingerprint density at radius 1 is 1.43 bits per heavy atom. The molecule has 0 aliphatic rings. The van der Waals surface area contributed by atoms with Crippen LogP contribution in [-0.4, -0.2) is 43.1 Å². The van der Waals surface area contributed by atoms with E-state index >= 15 is 0 Å². The molecule has 1 aromatic rings. The summed E-state index contributed by atoms with van der Waals surface area (Å²) >= 11 is 0. The van der Waals surface area contributed by atoms with E-state index in [1.165, 1.54) is 5.56 Å². The molecule has 0 radical (unpaired) electrons. The minimum atomic E-state index is 1.06. The zero-order chi connectivity index (χ0) is 10.2. The first-order chi connectivity index (χ1) is 6.83. The van der Waals surface area contributed by atoms with Gasteiger partial charge in [-0.2, -0.15) is 0 Å². The number of hydrogen-bond donors (Lipinski definition) is 2. The summed E-state index contributed by atoms with van der Waals surface area (Å²) in [6, 6.07) is 2.14. The molecule has 0 bridgehead atoms. The van der Waals surface area contributed by atoms with Gasteiger partial charge in [0.25, 0.3) is 0 Å². The van der Waals surface area contributed by atoms with Crippen LogP contribution in [0.25, 0.3) is 0 Å². The van der Waals surface area contributed by atoms with E-state index in [0.717, 1.165) is 32.6 Å². The molecule has 3 nitrogen and oxygen atoms in total. The first kappa shape index (κ1) is 11.3. The molecule has 2 N–H and O–H groups in total. The molecule has 0 spiro atoms. The molecule has 1 rings (SSSR count). The van der Waals surface area contributed by atoms with Gasteiger partial charge in [-0.25, -0.2) is 0 Å². The van der Waals surface area contributed by atoms with Crippen molar-refractivity contribution < 1.29 is 0 Å². The van der Waals surface area contributed by atoms with Gasteiger partial charge in [-0.1, -0.05) is 6.92 Å². The van der Waals surface area contributed by atoms with E-state index in [1.54, 1.807) is 0 Å². The van der Waals surface area contributed by atoms with E-state index in [2.05, 4.69) is 41.4 Å². The summed E-state index contributed by atoms with van der Waals surface area (Å²) in [5.74, 6) is 0. The average Bonchev–Trinajstić information content (AvgIpc) is 2.68. The summed E-state index contributed by atoms with van der Waals surface area (Å²) in [5, 5.41) is 3.32. The van der Waals surface area contributed by atoms with Crippen LogP contribution in [0, 0.1) is 0 Å². The summed E-state index contributed by atoms with van der Waals surface area (Å²) in [4.78, 5) is 5.43. The van der Waals surface area contributed by atoms with Gasteiger partial charge in [-0.05, 0) is 31.6 Å². The molecule has 0 aliphatic heterocycles. The summed E-state index contributed by atoms with van der Waals surface area (Å²) in [5.41, 5.74) is 1.39. The number of H-pyrrole nitrogens is 1. The van der Waals surface area contributed by atoms with Gasteiger partial charge in [-0.15, -0.1) is 0 Å². The molecule has 0 amide bonds. The Morgan fingerprint density at radius 2 is 2.29 bits per heavy atom. The first-order valence-corrected chi connectivity index (χ1v) is 5.34. The van der Waals surface area contributed by atoms with Crippen molar-refractivity contribution in [2.75, 3.05) is 33.2 Å². The number of likely N-dealkylation sites (N-methyl/N-ethyl adjacent to an activating group) is 2. The zero-order valence-electron chi connectivity index (χ0n) is 9.21. The maximum absolute atomic E-state index is 3.32. The van der Waals surface area contributed by atoms with Crippen molar-refractivity contribution in [1.29, 1.82) is 0 Å². The lowest BCUT2D eigenvalue weighted by molar-refractivity contribution is 0.337. The lowest BCUT2D eigenvalue weighted by atomic mass is 10.2. The molecule has 80 valence electrons. The maximum Gasteiger partial charge on any atom is 0.0104 e. The Hall–Kier alpha value is -0.800. The highest BCUT2D eigenvalue weighted by Gasteiger charge is 1.98. The van der Waals surface area contributed by atoms with Gasteiger partial charge in [0.2, 0.25) is 0 Å².